The number of methoxy groups -OCH3 is 1. The smallest absolute Gasteiger partial charge is 0.248 e. The summed E-state index contributed by atoms with van der Waals surface area (Å²) in [7, 11) is 1.57. The number of rotatable bonds is 7. The van der Waals surface area contributed by atoms with Crippen molar-refractivity contribution in [3.8, 4) is 11.5 Å². The zero-order valence-corrected chi connectivity index (χ0v) is 14.1. The highest BCUT2D eigenvalue weighted by Gasteiger charge is 2.05. The van der Waals surface area contributed by atoms with Crippen molar-refractivity contribution in [3.63, 3.8) is 0 Å². The van der Waals surface area contributed by atoms with Gasteiger partial charge in [-0.3, -0.25) is 9.59 Å². The van der Waals surface area contributed by atoms with Gasteiger partial charge in [0.2, 0.25) is 11.8 Å². The van der Waals surface area contributed by atoms with Crippen LogP contribution in [0.3, 0.4) is 0 Å². The minimum atomic E-state index is -0.548. The second kappa shape index (κ2) is 8.54. The van der Waals surface area contributed by atoms with Crippen molar-refractivity contribution in [2.45, 2.75) is 6.92 Å². The van der Waals surface area contributed by atoms with Gasteiger partial charge < -0.3 is 20.5 Å². The Morgan fingerprint density at radius 2 is 1.96 bits per heavy atom. The number of hydrogen-bond acceptors (Lipinski definition) is 4. The van der Waals surface area contributed by atoms with Crippen LogP contribution in [0.4, 0.5) is 5.69 Å². The molecule has 2 aromatic carbocycles. The molecular weight excluding hydrogens is 320 g/mol. The van der Waals surface area contributed by atoms with Crippen molar-refractivity contribution in [1.82, 2.24) is 0 Å². The highest BCUT2D eigenvalue weighted by atomic mass is 16.5. The number of anilines is 1. The summed E-state index contributed by atoms with van der Waals surface area (Å²) in [6, 6.07) is 11.8. The zero-order valence-electron chi connectivity index (χ0n) is 14.1. The van der Waals surface area contributed by atoms with Crippen LogP contribution in [0.25, 0.3) is 6.08 Å². The fourth-order valence-corrected chi connectivity index (χ4v) is 2.17. The summed E-state index contributed by atoms with van der Waals surface area (Å²) in [5.74, 6) is 0.372. The molecule has 2 amide bonds. The second-order valence-corrected chi connectivity index (χ2v) is 5.11. The molecule has 25 heavy (non-hydrogen) atoms. The van der Waals surface area contributed by atoms with E-state index in [1.807, 2.05) is 13.0 Å². The maximum Gasteiger partial charge on any atom is 0.248 e. The lowest BCUT2D eigenvalue weighted by Gasteiger charge is -2.09. The molecule has 2 aromatic rings. The van der Waals surface area contributed by atoms with E-state index in [1.54, 1.807) is 43.5 Å². The lowest BCUT2D eigenvalue weighted by molar-refractivity contribution is -0.111. The van der Waals surface area contributed by atoms with Gasteiger partial charge in [0.25, 0.3) is 0 Å². The molecule has 0 aromatic heterocycles. The predicted octanol–water partition coefficient (Wildman–Crippen LogP) is 2.84. The van der Waals surface area contributed by atoms with Crippen LogP contribution in [0.15, 0.2) is 48.5 Å². The Morgan fingerprint density at radius 1 is 1.16 bits per heavy atom. The van der Waals surface area contributed by atoms with E-state index in [0.717, 1.165) is 5.56 Å². The Labute approximate surface area is 146 Å². The molecule has 0 saturated carbocycles. The average Bonchev–Trinajstić information content (AvgIpc) is 2.60. The fraction of sp³-hybridized carbons (Fsp3) is 0.158. The summed E-state index contributed by atoms with van der Waals surface area (Å²) in [5, 5.41) is 2.68. The Balaban J connectivity index is 2.08. The van der Waals surface area contributed by atoms with Crippen LogP contribution in [-0.2, 0) is 4.79 Å². The highest BCUT2D eigenvalue weighted by Crippen LogP contribution is 2.28. The van der Waals surface area contributed by atoms with Crippen LogP contribution in [0.5, 0.6) is 11.5 Å². The lowest BCUT2D eigenvalue weighted by atomic mass is 10.1. The number of amides is 2. The molecule has 0 aliphatic carbocycles. The minimum Gasteiger partial charge on any atom is -0.493 e. The van der Waals surface area contributed by atoms with E-state index in [-0.39, 0.29) is 5.91 Å². The molecule has 6 heteroatoms. The molecule has 0 radical (unpaired) electrons. The van der Waals surface area contributed by atoms with Crippen molar-refractivity contribution in [1.29, 1.82) is 0 Å². The maximum atomic E-state index is 12.0. The van der Waals surface area contributed by atoms with Gasteiger partial charge in [0, 0.05) is 17.3 Å². The summed E-state index contributed by atoms with van der Waals surface area (Å²) in [6.07, 6.45) is 3.06. The van der Waals surface area contributed by atoms with Crippen molar-refractivity contribution < 1.29 is 19.1 Å². The van der Waals surface area contributed by atoms with Gasteiger partial charge in [-0.25, -0.2) is 0 Å². The number of primary amides is 1. The number of carbonyl (C=O) groups is 2. The molecule has 0 bridgehead atoms. The van der Waals surface area contributed by atoms with E-state index < -0.39 is 5.91 Å². The first-order chi connectivity index (χ1) is 12.0. The van der Waals surface area contributed by atoms with Gasteiger partial charge in [-0.05, 0) is 48.9 Å². The molecule has 0 spiro atoms. The topological polar surface area (TPSA) is 90.6 Å². The predicted molar refractivity (Wildman–Crippen MR) is 96.8 cm³/mol. The van der Waals surface area contributed by atoms with Gasteiger partial charge in [0.1, 0.15) is 0 Å². The van der Waals surface area contributed by atoms with Crippen LogP contribution < -0.4 is 20.5 Å². The summed E-state index contributed by atoms with van der Waals surface area (Å²) >= 11 is 0. The summed E-state index contributed by atoms with van der Waals surface area (Å²) in [4.78, 5) is 23.2. The number of nitrogens with two attached hydrogens (primary N) is 1. The molecule has 6 nitrogen and oxygen atoms in total. The molecule has 0 aliphatic heterocycles. The van der Waals surface area contributed by atoms with Gasteiger partial charge in [-0.1, -0.05) is 12.1 Å². The van der Waals surface area contributed by atoms with Crippen LogP contribution in [0, 0.1) is 0 Å². The summed E-state index contributed by atoms with van der Waals surface area (Å²) in [5.41, 5.74) is 6.85. The van der Waals surface area contributed by atoms with Gasteiger partial charge >= 0.3 is 0 Å². The van der Waals surface area contributed by atoms with Crippen LogP contribution in [-0.4, -0.2) is 25.5 Å². The molecule has 0 aliphatic rings. The lowest BCUT2D eigenvalue weighted by Crippen LogP contribution is -2.12. The molecule has 0 unspecified atom stereocenters. The van der Waals surface area contributed by atoms with Crippen LogP contribution in [0.1, 0.15) is 22.8 Å². The summed E-state index contributed by atoms with van der Waals surface area (Å²) < 4.78 is 10.7. The molecule has 0 heterocycles. The van der Waals surface area contributed by atoms with E-state index in [4.69, 9.17) is 15.2 Å². The number of hydrogen-bond donors (Lipinski definition) is 2. The van der Waals surface area contributed by atoms with Crippen molar-refractivity contribution in [2.75, 3.05) is 19.0 Å². The van der Waals surface area contributed by atoms with Gasteiger partial charge in [-0.15, -0.1) is 0 Å². The third-order valence-electron chi connectivity index (χ3n) is 3.33. The first-order valence-electron chi connectivity index (χ1n) is 7.73. The molecule has 3 N–H and O–H groups in total. The Kier molecular flexibility index (Phi) is 6.17. The maximum absolute atomic E-state index is 12.0. The Bertz CT molecular complexity index is 800. The number of benzene rings is 2. The number of carbonyl (C=O) groups excluding carboxylic acids is 2. The van der Waals surface area contributed by atoms with Gasteiger partial charge in [0.05, 0.1) is 13.7 Å². The van der Waals surface area contributed by atoms with E-state index >= 15 is 0 Å². The average molecular weight is 340 g/mol. The van der Waals surface area contributed by atoms with E-state index in [9.17, 15) is 9.59 Å². The van der Waals surface area contributed by atoms with Crippen molar-refractivity contribution in [3.05, 3.63) is 59.7 Å². The quantitative estimate of drug-likeness (QED) is 0.758. The Hall–Kier alpha value is -3.28. The number of ether oxygens (including phenoxy) is 2. The molecule has 0 saturated heterocycles. The van der Waals surface area contributed by atoms with Gasteiger partial charge in [-0.2, -0.15) is 0 Å². The molecule has 0 atom stereocenters. The third-order valence-corrected chi connectivity index (χ3v) is 3.33. The normalized spacial score (nSPS) is 10.5. The van der Waals surface area contributed by atoms with Crippen LogP contribution >= 0.6 is 0 Å². The summed E-state index contributed by atoms with van der Waals surface area (Å²) in [6.45, 7) is 2.40. The first-order valence-corrected chi connectivity index (χ1v) is 7.73. The third kappa shape index (κ3) is 5.10. The van der Waals surface area contributed by atoms with Crippen molar-refractivity contribution >= 4 is 23.6 Å². The van der Waals surface area contributed by atoms with E-state index in [2.05, 4.69) is 5.32 Å². The second-order valence-electron chi connectivity index (χ2n) is 5.11. The fourth-order valence-electron chi connectivity index (χ4n) is 2.17. The Morgan fingerprint density at radius 3 is 2.64 bits per heavy atom. The highest BCUT2D eigenvalue weighted by molar-refractivity contribution is 6.03. The minimum absolute atomic E-state index is 0.324. The SMILES string of the molecule is CCOc1cc(/C=C/C(=O)Nc2cccc(C(N)=O)c2)ccc1OC. The molecular formula is C19H20N2O4. The number of nitrogens with one attached hydrogen (secondary N) is 1. The van der Waals surface area contributed by atoms with E-state index in [0.29, 0.717) is 29.4 Å². The molecule has 2 rings (SSSR count). The first kappa shape index (κ1) is 18.1. The monoisotopic (exact) mass is 340 g/mol. The van der Waals surface area contributed by atoms with Crippen molar-refractivity contribution in [2.24, 2.45) is 5.73 Å². The molecule has 0 fully saturated rings. The zero-order chi connectivity index (χ0) is 18.2. The van der Waals surface area contributed by atoms with Gasteiger partial charge in [0.15, 0.2) is 11.5 Å². The largest absolute Gasteiger partial charge is 0.493 e. The van der Waals surface area contributed by atoms with Crippen LogP contribution in [0.2, 0.25) is 0 Å². The standard InChI is InChI=1S/C19H20N2O4/c1-3-25-17-11-13(7-9-16(17)24-2)8-10-18(22)21-15-6-4-5-14(12-15)19(20)23/h4-12H,3H2,1-2H3,(H2,20,23)(H,21,22)/b10-8+. The molecule has 130 valence electrons. The van der Waals surface area contributed by atoms with E-state index in [1.165, 1.54) is 12.1 Å².